The van der Waals surface area contributed by atoms with Gasteiger partial charge in [0.15, 0.2) is 0 Å². The van der Waals surface area contributed by atoms with Crippen LogP contribution in [0, 0.1) is 23.7 Å². The normalized spacial score (nSPS) is 14.7. The second kappa shape index (κ2) is 7.88. The number of rotatable bonds is 6. The molecule has 1 heteroatoms. The van der Waals surface area contributed by atoms with E-state index in [4.69, 9.17) is 0 Å². The Bertz CT molecular complexity index is 185. The van der Waals surface area contributed by atoms with Gasteiger partial charge in [-0.15, -0.1) is 5.92 Å². The van der Waals surface area contributed by atoms with Crippen molar-refractivity contribution >= 4 is 0 Å². The van der Waals surface area contributed by atoms with Crippen LogP contribution in [0.5, 0.6) is 0 Å². The van der Waals surface area contributed by atoms with Crippen LogP contribution in [-0.4, -0.2) is 11.2 Å². The molecule has 0 spiro atoms. The van der Waals surface area contributed by atoms with Gasteiger partial charge in [-0.3, -0.25) is 0 Å². The molecule has 0 heterocycles. The molecule has 0 aliphatic heterocycles. The molecule has 2 atom stereocenters. The van der Waals surface area contributed by atoms with E-state index in [0.29, 0.717) is 5.92 Å². The molecule has 0 radical (unpaired) electrons. The first-order valence-corrected chi connectivity index (χ1v) is 5.66. The predicted octanol–water partition coefficient (Wildman–Crippen LogP) is 3.22. The smallest absolute Gasteiger partial charge is 0.115 e. The van der Waals surface area contributed by atoms with Crippen LogP contribution >= 0.6 is 0 Å². The van der Waals surface area contributed by atoms with Crippen molar-refractivity contribution < 1.29 is 5.11 Å². The van der Waals surface area contributed by atoms with E-state index in [9.17, 15) is 5.11 Å². The molecule has 1 unspecified atom stereocenters. The predicted molar refractivity (Wildman–Crippen MR) is 61.9 cm³/mol. The van der Waals surface area contributed by atoms with E-state index in [1.165, 1.54) is 19.3 Å². The monoisotopic (exact) mass is 196 g/mol. The van der Waals surface area contributed by atoms with E-state index in [2.05, 4.69) is 32.6 Å². The maximum absolute atomic E-state index is 9.45. The maximum Gasteiger partial charge on any atom is 0.115 e. The molecule has 14 heavy (non-hydrogen) atoms. The van der Waals surface area contributed by atoms with Crippen LogP contribution in [0.25, 0.3) is 0 Å². The van der Waals surface area contributed by atoms with Crippen LogP contribution in [0.1, 0.15) is 53.4 Å². The minimum absolute atomic E-state index is 0.422. The van der Waals surface area contributed by atoms with Crippen LogP contribution in [0.15, 0.2) is 0 Å². The first kappa shape index (κ1) is 13.5. The van der Waals surface area contributed by atoms with E-state index in [0.717, 1.165) is 12.3 Å². The van der Waals surface area contributed by atoms with E-state index >= 15 is 0 Å². The van der Waals surface area contributed by atoms with Crippen LogP contribution < -0.4 is 0 Å². The lowest BCUT2D eigenvalue weighted by Gasteiger charge is -2.13. The van der Waals surface area contributed by atoms with Crippen molar-refractivity contribution in [3.8, 4) is 11.8 Å². The van der Waals surface area contributed by atoms with Gasteiger partial charge in [-0.1, -0.05) is 46.0 Å². The Morgan fingerprint density at radius 1 is 1.14 bits per heavy atom. The van der Waals surface area contributed by atoms with Crippen molar-refractivity contribution in [3.63, 3.8) is 0 Å². The Morgan fingerprint density at radius 3 is 2.29 bits per heavy atom. The standard InChI is InChI=1S/C13H24O/c1-5-7-13(14)10-12(4)9-6-8-11(2)3/h11-14H,6,8-10H2,1-4H3/t12-,13?/m1/s1. The third-order valence-corrected chi connectivity index (χ3v) is 2.41. The van der Waals surface area contributed by atoms with Gasteiger partial charge >= 0.3 is 0 Å². The lowest BCUT2D eigenvalue weighted by molar-refractivity contribution is 0.195. The summed E-state index contributed by atoms with van der Waals surface area (Å²) in [5.74, 6) is 6.91. The Labute approximate surface area is 88.9 Å². The summed E-state index contributed by atoms with van der Waals surface area (Å²) in [6.07, 6.45) is 4.17. The zero-order valence-electron chi connectivity index (χ0n) is 10.0. The van der Waals surface area contributed by atoms with Crippen LogP contribution in [0.3, 0.4) is 0 Å². The lowest BCUT2D eigenvalue weighted by atomic mass is 9.95. The molecule has 0 saturated carbocycles. The molecular formula is C13H24O. The quantitative estimate of drug-likeness (QED) is 0.647. The first-order valence-electron chi connectivity index (χ1n) is 5.66. The van der Waals surface area contributed by atoms with Crippen molar-refractivity contribution in [3.05, 3.63) is 0 Å². The van der Waals surface area contributed by atoms with E-state index < -0.39 is 6.10 Å². The van der Waals surface area contributed by atoms with Crippen molar-refractivity contribution in [2.45, 2.75) is 59.5 Å². The molecule has 0 saturated heterocycles. The maximum atomic E-state index is 9.45. The van der Waals surface area contributed by atoms with Gasteiger partial charge in [-0.25, -0.2) is 0 Å². The number of aliphatic hydroxyl groups is 1. The molecule has 0 fully saturated rings. The van der Waals surface area contributed by atoms with Crippen molar-refractivity contribution in [2.75, 3.05) is 0 Å². The highest BCUT2D eigenvalue weighted by molar-refractivity contribution is 5.01. The SMILES string of the molecule is CC#CC(O)C[C@H](C)CCCC(C)C. The number of hydrogen-bond donors (Lipinski definition) is 1. The van der Waals surface area contributed by atoms with Gasteiger partial charge in [0.05, 0.1) is 0 Å². The molecule has 0 aliphatic rings. The topological polar surface area (TPSA) is 20.2 Å². The van der Waals surface area contributed by atoms with Crippen LogP contribution in [0.2, 0.25) is 0 Å². The molecule has 1 nitrogen and oxygen atoms in total. The average Bonchev–Trinajstić information content (AvgIpc) is 2.03. The van der Waals surface area contributed by atoms with Gasteiger partial charge in [0.25, 0.3) is 0 Å². The minimum Gasteiger partial charge on any atom is -0.380 e. The highest BCUT2D eigenvalue weighted by atomic mass is 16.3. The average molecular weight is 196 g/mol. The first-order chi connectivity index (χ1) is 6.56. The summed E-state index contributed by atoms with van der Waals surface area (Å²) in [6, 6.07) is 0. The molecule has 1 N–H and O–H groups in total. The highest BCUT2D eigenvalue weighted by Gasteiger charge is 2.07. The summed E-state index contributed by atoms with van der Waals surface area (Å²) in [5, 5.41) is 9.45. The fourth-order valence-electron chi connectivity index (χ4n) is 1.60. The van der Waals surface area contributed by atoms with Gasteiger partial charge in [0, 0.05) is 0 Å². The van der Waals surface area contributed by atoms with Crippen LogP contribution in [-0.2, 0) is 0 Å². The summed E-state index contributed by atoms with van der Waals surface area (Å²) in [5.41, 5.74) is 0. The van der Waals surface area contributed by atoms with Crippen molar-refractivity contribution in [1.29, 1.82) is 0 Å². The largest absolute Gasteiger partial charge is 0.380 e. The number of hydrogen-bond acceptors (Lipinski definition) is 1. The Morgan fingerprint density at radius 2 is 1.79 bits per heavy atom. The summed E-state index contributed by atoms with van der Waals surface area (Å²) >= 11 is 0. The zero-order valence-corrected chi connectivity index (χ0v) is 10.0. The summed E-state index contributed by atoms with van der Waals surface area (Å²) in [7, 11) is 0. The Hall–Kier alpha value is -0.480. The van der Waals surface area contributed by atoms with Gasteiger partial charge in [-0.05, 0) is 25.2 Å². The molecule has 0 rings (SSSR count). The minimum atomic E-state index is -0.422. The Balaban J connectivity index is 3.53. The third-order valence-electron chi connectivity index (χ3n) is 2.41. The fourth-order valence-corrected chi connectivity index (χ4v) is 1.60. The molecular weight excluding hydrogens is 172 g/mol. The van der Waals surface area contributed by atoms with E-state index in [1.807, 2.05) is 0 Å². The second-order valence-electron chi connectivity index (χ2n) is 4.58. The van der Waals surface area contributed by atoms with E-state index in [1.54, 1.807) is 6.92 Å². The molecule has 0 bridgehead atoms. The fraction of sp³-hybridized carbons (Fsp3) is 0.846. The summed E-state index contributed by atoms with van der Waals surface area (Å²) < 4.78 is 0. The van der Waals surface area contributed by atoms with Gasteiger partial charge < -0.3 is 5.11 Å². The zero-order chi connectivity index (χ0) is 11.0. The Kier molecular flexibility index (Phi) is 7.61. The molecule has 82 valence electrons. The van der Waals surface area contributed by atoms with Crippen molar-refractivity contribution in [2.24, 2.45) is 11.8 Å². The van der Waals surface area contributed by atoms with Gasteiger partial charge in [-0.2, -0.15) is 0 Å². The van der Waals surface area contributed by atoms with Crippen LogP contribution in [0.4, 0.5) is 0 Å². The number of aliphatic hydroxyl groups excluding tert-OH is 1. The summed E-state index contributed by atoms with van der Waals surface area (Å²) in [4.78, 5) is 0. The second-order valence-corrected chi connectivity index (χ2v) is 4.58. The molecule has 0 aromatic rings. The molecule has 0 aliphatic carbocycles. The van der Waals surface area contributed by atoms with Gasteiger partial charge in [0.2, 0.25) is 0 Å². The summed E-state index contributed by atoms with van der Waals surface area (Å²) in [6.45, 7) is 8.47. The molecule has 0 aromatic carbocycles. The van der Waals surface area contributed by atoms with Crippen molar-refractivity contribution in [1.82, 2.24) is 0 Å². The molecule has 0 amide bonds. The lowest BCUT2D eigenvalue weighted by Crippen LogP contribution is -2.09. The van der Waals surface area contributed by atoms with Gasteiger partial charge in [0.1, 0.15) is 6.10 Å². The highest BCUT2D eigenvalue weighted by Crippen LogP contribution is 2.16. The third kappa shape index (κ3) is 8.13. The molecule has 0 aromatic heterocycles. The van der Waals surface area contributed by atoms with E-state index in [-0.39, 0.29) is 0 Å².